The van der Waals surface area contributed by atoms with Gasteiger partial charge in [-0.3, -0.25) is 0 Å². The van der Waals surface area contributed by atoms with Crippen molar-refractivity contribution in [3.63, 3.8) is 0 Å². The Morgan fingerprint density at radius 3 is 1.96 bits per heavy atom. The van der Waals surface area contributed by atoms with E-state index in [0.29, 0.717) is 42.5 Å². The summed E-state index contributed by atoms with van der Waals surface area (Å²) in [6, 6.07) is 7.13. The summed E-state index contributed by atoms with van der Waals surface area (Å²) in [4.78, 5) is -0.0365. The quantitative estimate of drug-likeness (QED) is 0.911. The summed E-state index contributed by atoms with van der Waals surface area (Å²) in [5, 5.41) is 5.06. The molecule has 0 heterocycles. The first-order valence-corrected chi connectivity index (χ1v) is 8.82. The Hall–Kier alpha value is -2.12. The van der Waals surface area contributed by atoms with Crippen molar-refractivity contribution in [2.75, 3.05) is 0 Å². The number of primary sulfonamides is 1. The first-order valence-electron chi connectivity index (χ1n) is 7.27. The smallest absolute Gasteiger partial charge is 0.225 e. The van der Waals surface area contributed by atoms with Gasteiger partial charge in [-0.2, -0.15) is 0 Å². The molecule has 0 spiro atoms. The maximum Gasteiger partial charge on any atom is 0.238 e. The van der Waals surface area contributed by atoms with Crippen LogP contribution < -0.4 is 5.14 Å². The molecule has 2 aromatic carbocycles. The van der Waals surface area contributed by atoms with Crippen LogP contribution in [0.4, 0.5) is 13.2 Å². The maximum atomic E-state index is 14.1. The molecule has 1 aliphatic carbocycles. The minimum Gasteiger partial charge on any atom is -0.225 e. The van der Waals surface area contributed by atoms with Crippen LogP contribution in [0, 0.1) is 17.5 Å². The topological polar surface area (TPSA) is 60.2 Å². The van der Waals surface area contributed by atoms with Crippen molar-refractivity contribution in [3.8, 4) is 0 Å². The Morgan fingerprint density at radius 2 is 1.42 bits per heavy atom. The summed E-state index contributed by atoms with van der Waals surface area (Å²) in [7, 11) is -3.80. The zero-order valence-corrected chi connectivity index (χ0v) is 13.3. The lowest BCUT2D eigenvalue weighted by atomic mass is 9.96. The number of sulfonamides is 1. The van der Waals surface area contributed by atoms with Crippen LogP contribution in [0.15, 0.2) is 41.3 Å². The van der Waals surface area contributed by atoms with E-state index in [4.69, 9.17) is 5.14 Å². The molecule has 3 nitrogen and oxygen atoms in total. The molecule has 0 fully saturated rings. The lowest BCUT2D eigenvalue weighted by Crippen LogP contribution is -2.11. The molecular formula is C17H14F3NO2S. The van der Waals surface area contributed by atoms with Gasteiger partial charge in [-0.1, -0.05) is 12.1 Å². The Kier molecular flexibility index (Phi) is 4.23. The predicted octanol–water partition coefficient (Wildman–Crippen LogP) is 3.85. The summed E-state index contributed by atoms with van der Waals surface area (Å²) in [5.41, 5.74) is 1.64. The van der Waals surface area contributed by atoms with E-state index in [1.165, 1.54) is 12.1 Å². The number of benzene rings is 2. The van der Waals surface area contributed by atoms with Gasteiger partial charge in [0.15, 0.2) is 0 Å². The van der Waals surface area contributed by atoms with Crippen LogP contribution in [0.25, 0.3) is 11.1 Å². The Bertz CT molecular complexity index is 912. The Morgan fingerprint density at radius 1 is 0.875 bits per heavy atom. The van der Waals surface area contributed by atoms with E-state index >= 15 is 0 Å². The summed E-state index contributed by atoms with van der Waals surface area (Å²) >= 11 is 0. The Balaban J connectivity index is 2.11. The van der Waals surface area contributed by atoms with E-state index in [-0.39, 0.29) is 10.5 Å². The summed E-state index contributed by atoms with van der Waals surface area (Å²) in [5.74, 6) is -2.85. The average Bonchev–Trinajstić information content (AvgIpc) is 2.94. The first kappa shape index (κ1) is 16.7. The largest absolute Gasteiger partial charge is 0.238 e. The summed E-state index contributed by atoms with van der Waals surface area (Å²) in [6.45, 7) is 0. The zero-order chi connectivity index (χ0) is 17.5. The molecule has 0 amide bonds. The molecule has 2 aromatic rings. The fourth-order valence-corrected chi connectivity index (χ4v) is 3.53. The van der Waals surface area contributed by atoms with E-state index < -0.39 is 27.5 Å². The maximum absolute atomic E-state index is 14.1. The molecule has 0 radical (unpaired) electrons. The molecule has 0 aromatic heterocycles. The van der Waals surface area contributed by atoms with Crippen LogP contribution >= 0.6 is 0 Å². The number of allylic oxidation sites excluding steroid dienone is 2. The lowest BCUT2D eigenvalue weighted by molar-refractivity contribution is 0.538. The first-order chi connectivity index (χ1) is 11.3. The number of rotatable bonds is 3. The molecule has 1 aliphatic rings. The minimum atomic E-state index is -3.80. The predicted molar refractivity (Wildman–Crippen MR) is 84.8 cm³/mol. The highest BCUT2D eigenvalue weighted by atomic mass is 32.2. The third-order valence-electron chi connectivity index (χ3n) is 4.06. The van der Waals surface area contributed by atoms with Gasteiger partial charge >= 0.3 is 0 Å². The normalized spacial score (nSPS) is 15.2. The molecule has 0 aliphatic heterocycles. The fraction of sp³-hybridized carbons (Fsp3) is 0.176. The highest BCUT2D eigenvalue weighted by Gasteiger charge is 2.24. The second kappa shape index (κ2) is 6.07. The van der Waals surface area contributed by atoms with Gasteiger partial charge in [0.05, 0.1) is 4.90 Å². The van der Waals surface area contributed by atoms with E-state index in [2.05, 4.69) is 0 Å². The second-order valence-electron chi connectivity index (χ2n) is 5.62. The second-order valence-corrected chi connectivity index (χ2v) is 7.19. The summed E-state index contributed by atoms with van der Waals surface area (Å²) < 4.78 is 63.8. The summed E-state index contributed by atoms with van der Waals surface area (Å²) in [6.07, 6.45) is 1.77. The van der Waals surface area contributed by atoms with Crippen molar-refractivity contribution < 1.29 is 21.6 Å². The van der Waals surface area contributed by atoms with Gasteiger partial charge in [-0.15, -0.1) is 0 Å². The zero-order valence-electron chi connectivity index (χ0n) is 12.5. The van der Waals surface area contributed by atoms with Gasteiger partial charge < -0.3 is 0 Å². The molecule has 0 bridgehead atoms. The minimum absolute atomic E-state index is 0.0365. The number of hydrogen-bond acceptors (Lipinski definition) is 2. The SMILES string of the molecule is NS(=O)(=O)c1ccc(C2=C(c3c(F)cc(F)cc3F)CCC2)cc1. The van der Waals surface area contributed by atoms with Gasteiger partial charge in [-0.05, 0) is 48.1 Å². The van der Waals surface area contributed by atoms with E-state index in [1.807, 2.05) is 0 Å². The van der Waals surface area contributed by atoms with Crippen molar-refractivity contribution in [1.82, 2.24) is 0 Å². The highest BCUT2D eigenvalue weighted by molar-refractivity contribution is 7.89. The van der Waals surface area contributed by atoms with Crippen LogP contribution in [-0.4, -0.2) is 8.42 Å². The van der Waals surface area contributed by atoms with E-state index in [0.717, 1.165) is 5.57 Å². The third kappa shape index (κ3) is 3.09. The molecule has 3 rings (SSSR count). The lowest BCUT2D eigenvalue weighted by Gasteiger charge is -2.11. The van der Waals surface area contributed by atoms with Crippen LogP contribution in [0.5, 0.6) is 0 Å². The van der Waals surface area contributed by atoms with E-state index in [9.17, 15) is 21.6 Å². The molecule has 2 N–H and O–H groups in total. The van der Waals surface area contributed by atoms with Gasteiger partial charge in [0.25, 0.3) is 0 Å². The van der Waals surface area contributed by atoms with Crippen molar-refractivity contribution in [3.05, 3.63) is 65.0 Å². The molecule has 0 atom stereocenters. The molecule has 0 saturated carbocycles. The van der Waals surface area contributed by atoms with Gasteiger partial charge in [0, 0.05) is 17.7 Å². The average molecular weight is 353 g/mol. The van der Waals surface area contributed by atoms with Crippen LogP contribution in [0.3, 0.4) is 0 Å². The van der Waals surface area contributed by atoms with Gasteiger partial charge in [0.2, 0.25) is 10.0 Å². The molecular weight excluding hydrogens is 339 g/mol. The van der Waals surface area contributed by atoms with Crippen molar-refractivity contribution in [2.24, 2.45) is 5.14 Å². The van der Waals surface area contributed by atoms with Gasteiger partial charge in [-0.25, -0.2) is 26.7 Å². The number of halogens is 3. The van der Waals surface area contributed by atoms with Crippen molar-refractivity contribution >= 4 is 21.2 Å². The molecule has 0 saturated heterocycles. The number of hydrogen-bond donors (Lipinski definition) is 1. The molecule has 126 valence electrons. The highest BCUT2D eigenvalue weighted by Crippen LogP contribution is 2.41. The third-order valence-corrected chi connectivity index (χ3v) is 4.99. The molecule has 24 heavy (non-hydrogen) atoms. The monoisotopic (exact) mass is 353 g/mol. The van der Waals surface area contributed by atoms with Gasteiger partial charge in [0.1, 0.15) is 17.5 Å². The fourth-order valence-electron chi connectivity index (χ4n) is 3.01. The van der Waals surface area contributed by atoms with Crippen LogP contribution in [0.1, 0.15) is 30.4 Å². The van der Waals surface area contributed by atoms with E-state index in [1.54, 1.807) is 12.1 Å². The van der Waals surface area contributed by atoms with Crippen LogP contribution in [0.2, 0.25) is 0 Å². The number of nitrogens with two attached hydrogens (primary N) is 1. The standard InChI is InChI=1S/C17H14F3NO2S/c18-11-8-15(19)17(16(20)9-11)14-3-1-2-13(14)10-4-6-12(7-5-10)24(21,22)23/h4-9H,1-3H2,(H2,21,22,23). The Labute approximate surface area is 137 Å². The van der Waals surface area contributed by atoms with Crippen molar-refractivity contribution in [1.29, 1.82) is 0 Å². The molecule has 0 unspecified atom stereocenters. The molecule has 7 heteroatoms. The van der Waals surface area contributed by atoms with Crippen LogP contribution in [-0.2, 0) is 10.0 Å². The van der Waals surface area contributed by atoms with Crippen molar-refractivity contribution in [2.45, 2.75) is 24.2 Å².